The Hall–Kier alpha value is -2.15. The van der Waals surface area contributed by atoms with Crippen LogP contribution in [-0.4, -0.2) is 53.6 Å². The van der Waals surface area contributed by atoms with Gasteiger partial charge in [0.2, 0.25) is 0 Å². The van der Waals surface area contributed by atoms with E-state index in [0.29, 0.717) is 24.1 Å². The van der Waals surface area contributed by atoms with Crippen molar-refractivity contribution in [3.05, 3.63) is 17.7 Å². The van der Waals surface area contributed by atoms with Gasteiger partial charge >= 0.3 is 0 Å². The average Bonchev–Trinajstić information content (AvgIpc) is 2.75. The van der Waals surface area contributed by atoms with Gasteiger partial charge in [0.05, 0.1) is 27.4 Å². The molecule has 0 aromatic heterocycles. The molecule has 28 heavy (non-hydrogen) atoms. The Labute approximate surface area is 168 Å². The molecule has 2 rings (SSSR count). The summed E-state index contributed by atoms with van der Waals surface area (Å²) < 4.78 is 22.1. The molecular formula is C21H35N3O4. The third kappa shape index (κ3) is 6.78. The Morgan fingerprint density at radius 2 is 1.64 bits per heavy atom. The molecule has 0 heterocycles. The average molecular weight is 394 g/mol. The van der Waals surface area contributed by atoms with Gasteiger partial charge in [0.15, 0.2) is 17.5 Å². The minimum atomic E-state index is 0.462. The predicted octanol–water partition coefficient (Wildman–Crippen LogP) is 3.12. The number of guanidine groups is 1. The number of methoxy groups -OCH3 is 3. The van der Waals surface area contributed by atoms with Crippen molar-refractivity contribution in [2.75, 3.05) is 41.5 Å². The van der Waals surface area contributed by atoms with Gasteiger partial charge < -0.3 is 29.6 Å². The van der Waals surface area contributed by atoms with Gasteiger partial charge in [-0.15, -0.1) is 0 Å². The fraction of sp³-hybridized carbons (Fsp3) is 0.667. The van der Waals surface area contributed by atoms with E-state index in [1.165, 1.54) is 32.1 Å². The first-order chi connectivity index (χ1) is 13.7. The summed E-state index contributed by atoms with van der Waals surface area (Å²) in [5.41, 5.74) is 0.962. The number of benzene rings is 1. The molecule has 0 amide bonds. The lowest BCUT2D eigenvalue weighted by atomic mass is 9.98. The second-order valence-electron chi connectivity index (χ2n) is 6.86. The first kappa shape index (κ1) is 22.1. The van der Waals surface area contributed by atoms with Crippen LogP contribution in [0.3, 0.4) is 0 Å². The lowest BCUT2D eigenvalue weighted by Crippen LogP contribution is -2.37. The maximum Gasteiger partial charge on any atom is 0.191 e. The Morgan fingerprint density at radius 3 is 2.29 bits per heavy atom. The van der Waals surface area contributed by atoms with Gasteiger partial charge in [-0.3, -0.25) is 4.99 Å². The molecule has 1 aliphatic carbocycles. The third-order valence-corrected chi connectivity index (χ3v) is 4.98. The van der Waals surface area contributed by atoms with Gasteiger partial charge in [-0.1, -0.05) is 19.3 Å². The van der Waals surface area contributed by atoms with Crippen LogP contribution in [0.25, 0.3) is 0 Å². The number of aliphatic imine (C=N–C) groups is 1. The molecule has 0 saturated heterocycles. The summed E-state index contributed by atoms with van der Waals surface area (Å²) in [6.45, 7) is 2.16. The Morgan fingerprint density at radius 1 is 0.964 bits per heavy atom. The highest BCUT2D eigenvalue weighted by molar-refractivity contribution is 5.79. The van der Waals surface area contributed by atoms with Crippen LogP contribution in [0.1, 0.15) is 44.1 Å². The summed E-state index contributed by atoms with van der Waals surface area (Å²) in [5.74, 6) is 2.79. The monoisotopic (exact) mass is 393 g/mol. The lowest BCUT2D eigenvalue weighted by Gasteiger charge is -2.22. The minimum Gasteiger partial charge on any atom is -0.496 e. The molecule has 0 bridgehead atoms. The summed E-state index contributed by atoms with van der Waals surface area (Å²) in [5, 5.41) is 6.64. The lowest BCUT2D eigenvalue weighted by molar-refractivity contribution is 0.0277. The van der Waals surface area contributed by atoms with E-state index >= 15 is 0 Å². The summed E-state index contributed by atoms with van der Waals surface area (Å²) in [7, 11) is 6.64. The molecule has 1 aromatic carbocycles. The van der Waals surface area contributed by atoms with Crippen molar-refractivity contribution in [2.24, 2.45) is 4.99 Å². The van der Waals surface area contributed by atoms with E-state index in [4.69, 9.17) is 18.9 Å². The number of ether oxygens (including phenoxy) is 4. The number of hydrogen-bond acceptors (Lipinski definition) is 5. The van der Waals surface area contributed by atoms with Crippen LogP contribution in [0.4, 0.5) is 0 Å². The molecule has 0 spiro atoms. The van der Waals surface area contributed by atoms with E-state index in [1.807, 2.05) is 12.1 Å². The Bertz CT molecular complexity index is 616. The van der Waals surface area contributed by atoms with Crippen LogP contribution in [0.5, 0.6) is 17.2 Å². The van der Waals surface area contributed by atoms with Crippen molar-refractivity contribution in [1.29, 1.82) is 0 Å². The topological polar surface area (TPSA) is 73.3 Å². The molecular weight excluding hydrogens is 358 g/mol. The van der Waals surface area contributed by atoms with Gasteiger partial charge in [0.25, 0.3) is 0 Å². The molecule has 1 aromatic rings. The zero-order valence-corrected chi connectivity index (χ0v) is 17.7. The summed E-state index contributed by atoms with van der Waals surface area (Å²) in [6, 6.07) is 3.74. The molecule has 7 heteroatoms. The highest BCUT2D eigenvalue weighted by Gasteiger charge is 2.14. The molecule has 7 nitrogen and oxygen atoms in total. The fourth-order valence-corrected chi connectivity index (χ4v) is 3.39. The highest BCUT2D eigenvalue weighted by atomic mass is 16.5. The van der Waals surface area contributed by atoms with E-state index in [1.54, 1.807) is 28.4 Å². The molecule has 0 aliphatic heterocycles. The number of hydrogen-bond donors (Lipinski definition) is 2. The number of nitrogens with one attached hydrogen (secondary N) is 2. The zero-order valence-electron chi connectivity index (χ0n) is 17.7. The molecule has 0 unspecified atom stereocenters. The Balaban J connectivity index is 1.76. The molecule has 158 valence electrons. The SMILES string of the molecule is CN=C(NCCCOC1CCCCC1)NCc1cc(OC)c(OC)cc1OC. The Kier molecular flexibility index (Phi) is 9.76. The van der Waals surface area contributed by atoms with Crippen LogP contribution in [-0.2, 0) is 11.3 Å². The first-order valence-corrected chi connectivity index (χ1v) is 10.1. The van der Waals surface area contributed by atoms with Crippen LogP contribution in [0, 0.1) is 0 Å². The maximum absolute atomic E-state index is 5.96. The van der Waals surface area contributed by atoms with Crippen molar-refractivity contribution < 1.29 is 18.9 Å². The van der Waals surface area contributed by atoms with Crippen LogP contribution in [0.2, 0.25) is 0 Å². The maximum atomic E-state index is 5.96. The van der Waals surface area contributed by atoms with Gasteiger partial charge in [0.1, 0.15) is 5.75 Å². The van der Waals surface area contributed by atoms with E-state index in [2.05, 4.69) is 15.6 Å². The first-order valence-electron chi connectivity index (χ1n) is 10.1. The minimum absolute atomic E-state index is 0.462. The number of rotatable bonds is 10. The van der Waals surface area contributed by atoms with E-state index in [9.17, 15) is 0 Å². The number of nitrogens with zero attached hydrogens (tertiary/aromatic N) is 1. The molecule has 0 atom stereocenters. The van der Waals surface area contributed by atoms with Crippen molar-refractivity contribution in [3.8, 4) is 17.2 Å². The predicted molar refractivity (Wildman–Crippen MR) is 112 cm³/mol. The normalized spacial score (nSPS) is 15.2. The summed E-state index contributed by atoms with van der Waals surface area (Å²) in [4.78, 5) is 4.28. The quantitative estimate of drug-likeness (QED) is 0.361. The summed E-state index contributed by atoms with van der Waals surface area (Å²) >= 11 is 0. The van der Waals surface area contributed by atoms with Crippen molar-refractivity contribution in [2.45, 2.75) is 51.2 Å². The third-order valence-electron chi connectivity index (χ3n) is 4.98. The van der Waals surface area contributed by atoms with E-state index in [-0.39, 0.29) is 0 Å². The molecule has 0 radical (unpaired) electrons. The van der Waals surface area contributed by atoms with Crippen molar-refractivity contribution in [1.82, 2.24) is 10.6 Å². The van der Waals surface area contributed by atoms with Crippen LogP contribution in [0.15, 0.2) is 17.1 Å². The van der Waals surface area contributed by atoms with Crippen LogP contribution < -0.4 is 24.8 Å². The fourth-order valence-electron chi connectivity index (χ4n) is 3.39. The molecule has 2 N–H and O–H groups in total. The molecule has 1 saturated carbocycles. The summed E-state index contributed by atoms with van der Waals surface area (Å²) in [6.07, 6.45) is 7.81. The second kappa shape index (κ2) is 12.3. The smallest absolute Gasteiger partial charge is 0.191 e. The van der Waals surface area contributed by atoms with Crippen LogP contribution >= 0.6 is 0 Å². The standard InChI is InChI=1S/C21H35N3O4/c1-22-21(23-11-8-12-28-17-9-6-5-7-10-17)24-15-16-13-19(26-3)20(27-4)14-18(16)25-2/h13-14,17H,5-12,15H2,1-4H3,(H2,22,23,24). The van der Waals surface area contributed by atoms with Gasteiger partial charge in [0, 0.05) is 38.4 Å². The van der Waals surface area contributed by atoms with E-state index in [0.717, 1.165) is 36.8 Å². The zero-order chi connectivity index (χ0) is 20.2. The van der Waals surface area contributed by atoms with Gasteiger partial charge in [-0.05, 0) is 25.3 Å². The van der Waals surface area contributed by atoms with Crippen molar-refractivity contribution >= 4 is 5.96 Å². The molecule has 1 fully saturated rings. The largest absolute Gasteiger partial charge is 0.496 e. The van der Waals surface area contributed by atoms with Gasteiger partial charge in [-0.25, -0.2) is 0 Å². The van der Waals surface area contributed by atoms with Crippen molar-refractivity contribution in [3.63, 3.8) is 0 Å². The van der Waals surface area contributed by atoms with Gasteiger partial charge in [-0.2, -0.15) is 0 Å². The highest BCUT2D eigenvalue weighted by Crippen LogP contribution is 2.34. The second-order valence-corrected chi connectivity index (χ2v) is 6.86. The van der Waals surface area contributed by atoms with E-state index < -0.39 is 0 Å². The molecule has 1 aliphatic rings.